The van der Waals surface area contributed by atoms with Crippen molar-refractivity contribution in [3.63, 3.8) is 0 Å². The number of aryl methyl sites for hydroxylation is 3. The Morgan fingerprint density at radius 2 is 1.43 bits per heavy atom. The number of rotatable bonds is 21. The molecule has 0 spiro atoms. The third-order valence-electron chi connectivity index (χ3n) is 12.8. The molecular formula is C48H60N6O11. The molecule has 0 aliphatic carbocycles. The molecule has 65 heavy (non-hydrogen) atoms. The molecule has 2 aromatic carbocycles. The molecule has 4 heterocycles. The average Bonchev–Trinajstić information content (AvgIpc) is 3.80. The van der Waals surface area contributed by atoms with Crippen molar-refractivity contribution in [3.05, 3.63) is 81.4 Å². The lowest BCUT2D eigenvalue weighted by Gasteiger charge is -2.33. The van der Waals surface area contributed by atoms with Crippen LogP contribution in [-0.2, 0) is 55.8 Å². The summed E-state index contributed by atoms with van der Waals surface area (Å²) in [6.45, 7) is 9.50. The second-order valence-electron chi connectivity index (χ2n) is 17.7. The Bertz CT molecular complexity index is 2540. The molecule has 2 aromatic heterocycles. The SMILES string of the molecule is CCC(C)(CNC(=O)CCc1ccc2c(c1)C(=O)N(C1CCC(=O)NC1=O)C2=O)COCC(C)(CC)CNC(=O)COCc1c(OC)cc(-c2cn(C)c(=O)c3c2ccn3C)cc1OC. The maximum absolute atomic E-state index is 13.2. The summed E-state index contributed by atoms with van der Waals surface area (Å²) in [6, 6.07) is 9.43. The number of nitrogens with zero attached hydrogens (tertiary/aromatic N) is 3. The van der Waals surface area contributed by atoms with Crippen molar-refractivity contribution in [2.75, 3.05) is 47.1 Å². The standard InChI is InChI=1S/C48H60N6O11/c1-9-47(3,25-49-39(55)15-12-29-11-13-32-33(19-29)45(60)54(44(32)59)36-14-16-40(56)51-43(36)58)27-65-28-48(4,10-2)26-50-41(57)24-64-23-35-37(62-7)20-30(21-38(35)63-8)34-22-53(6)46(61)42-31(34)17-18-52(42)5/h11,13,17-22,36H,9-10,12,14-16,23-28H2,1-8H3,(H,49,55)(H,50,57)(H,51,56,58). The summed E-state index contributed by atoms with van der Waals surface area (Å²) in [7, 11) is 6.66. The third-order valence-corrected chi connectivity index (χ3v) is 12.8. The highest BCUT2D eigenvalue weighted by atomic mass is 16.5. The fraction of sp³-hybridized carbons (Fsp3) is 0.479. The molecule has 348 valence electrons. The minimum absolute atomic E-state index is 0.0385. The number of ether oxygens (including phenoxy) is 4. The van der Waals surface area contributed by atoms with E-state index in [2.05, 4.69) is 16.0 Å². The molecule has 0 bridgehead atoms. The molecule has 3 N–H and O–H groups in total. The van der Waals surface area contributed by atoms with Gasteiger partial charge in [0.1, 0.15) is 29.7 Å². The van der Waals surface area contributed by atoms with E-state index in [0.29, 0.717) is 60.9 Å². The number of nitrogens with one attached hydrogen (secondary N) is 3. The lowest BCUT2D eigenvalue weighted by molar-refractivity contribution is -0.136. The number of benzene rings is 2. The van der Waals surface area contributed by atoms with Crippen LogP contribution in [0.25, 0.3) is 22.0 Å². The van der Waals surface area contributed by atoms with Crippen LogP contribution in [0.2, 0.25) is 0 Å². The Morgan fingerprint density at radius 3 is 2.05 bits per heavy atom. The van der Waals surface area contributed by atoms with Gasteiger partial charge in [0.05, 0.1) is 50.7 Å². The molecule has 4 aromatic rings. The summed E-state index contributed by atoms with van der Waals surface area (Å²) in [5.41, 5.74) is 3.08. The highest BCUT2D eigenvalue weighted by molar-refractivity contribution is 6.23. The van der Waals surface area contributed by atoms with Gasteiger partial charge in [-0.15, -0.1) is 0 Å². The second kappa shape index (κ2) is 20.2. The summed E-state index contributed by atoms with van der Waals surface area (Å²) >= 11 is 0. The Morgan fingerprint density at radius 1 is 0.800 bits per heavy atom. The number of amides is 6. The number of carbonyl (C=O) groups is 6. The van der Waals surface area contributed by atoms with Crippen LogP contribution in [0, 0.1) is 10.8 Å². The van der Waals surface area contributed by atoms with Gasteiger partial charge in [0.2, 0.25) is 23.6 Å². The molecular weight excluding hydrogens is 837 g/mol. The van der Waals surface area contributed by atoms with E-state index in [1.54, 1.807) is 54.8 Å². The van der Waals surface area contributed by atoms with Gasteiger partial charge in [0, 0.05) is 74.2 Å². The fourth-order valence-corrected chi connectivity index (χ4v) is 8.05. The molecule has 0 saturated carbocycles. The van der Waals surface area contributed by atoms with Gasteiger partial charge >= 0.3 is 0 Å². The van der Waals surface area contributed by atoms with E-state index >= 15 is 0 Å². The molecule has 6 amide bonds. The second-order valence-corrected chi connectivity index (χ2v) is 17.7. The number of carbonyl (C=O) groups excluding carboxylic acids is 6. The van der Waals surface area contributed by atoms with E-state index in [1.165, 1.54) is 0 Å². The van der Waals surface area contributed by atoms with Crippen LogP contribution in [0.4, 0.5) is 0 Å². The number of methoxy groups -OCH3 is 2. The van der Waals surface area contributed by atoms with Gasteiger partial charge < -0.3 is 38.7 Å². The molecule has 3 atom stereocenters. The van der Waals surface area contributed by atoms with Gasteiger partial charge in [-0.2, -0.15) is 0 Å². The zero-order valence-corrected chi connectivity index (χ0v) is 38.5. The average molecular weight is 897 g/mol. The Labute approximate surface area is 378 Å². The minimum atomic E-state index is -1.04. The first-order valence-electron chi connectivity index (χ1n) is 21.9. The molecule has 17 nitrogen and oxygen atoms in total. The predicted molar refractivity (Wildman–Crippen MR) is 241 cm³/mol. The molecule has 6 rings (SSSR count). The number of aromatic nitrogens is 2. The molecule has 2 aliphatic rings. The van der Waals surface area contributed by atoms with Crippen molar-refractivity contribution < 1.29 is 47.7 Å². The normalized spacial score (nSPS) is 16.8. The van der Waals surface area contributed by atoms with Gasteiger partial charge in [-0.25, -0.2) is 0 Å². The monoisotopic (exact) mass is 896 g/mol. The lowest BCUT2D eigenvalue weighted by atomic mass is 9.87. The summed E-state index contributed by atoms with van der Waals surface area (Å²) < 4.78 is 27.0. The molecule has 17 heteroatoms. The van der Waals surface area contributed by atoms with Crippen molar-refractivity contribution in [1.82, 2.24) is 30.0 Å². The Balaban J connectivity index is 0.944. The largest absolute Gasteiger partial charge is 0.496 e. The molecule has 3 unspecified atom stereocenters. The van der Waals surface area contributed by atoms with E-state index in [1.807, 2.05) is 59.1 Å². The number of hydrogen-bond acceptors (Lipinski definition) is 11. The molecule has 2 aliphatic heterocycles. The van der Waals surface area contributed by atoms with Crippen LogP contribution in [0.3, 0.4) is 0 Å². The number of imide groups is 2. The van der Waals surface area contributed by atoms with E-state index < -0.39 is 29.7 Å². The first-order valence-corrected chi connectivity index (χ1v) is 21.9. The smallest absolute Gasteiger partial charge is 0.274 e. The highest BCUT2D eigenvalue weighted by Crippen LogP contribution is 2.38. The van der Waals surface area contributed by atoms with E-state index in [-0.39, 0.29) is 71.8 Å². The van der Waals surface area contributed by atoms with Crippen LogP contribution < -0.4 is 31.0 Å². The number of pyridine rings is 1. The molecule has 1 fully saturated rings. The van der Waals surface area contributed by atoms with Gasteiger partial charge in [-0.05, 0) is 67.1 Å². The van der Waals surface area contributed by atoms with Gasteiger partial charge in [0.15, 0.2) is 0 Å². The maximum atomic E-state index is 13.2. The minimum Gasteiger partial charge on any atom is -0.496 e. The van der Waals surface area contributed by atoms with E-state index in [9.17, 15) is 33.6 Å². The van der Waals surface area contributed by atoms with Crippen LogP contribution in [-0.4, -0.2) is 103 Å². The van der Waals surface area contributed by atoms with Crippen LogP contribution in [0.15, 0.2) is 53.6 Å². The van der Waals surface area contributed by atoms with Gasteiger partial charge in [-0.3, -0.25) is 43.8 Å². The zero-order valence-electron chi connectivity index (χ0n) is 38.5. The summed E-state index contributed by atoms with van der Waals surface area (Å²) in [5, 5.41) is 9.01. The van der Waals surface area contributed by atoms with Crippen molar-refractivity contribution in [3.8, 4) is 22.6 Å². The highest BCUT2D eigenvalue weighted by Gasteiger charge is 2.44. The first kappa shape index (κ1) is 48.1. The zero-order chi connectivity index (χ0) is 47.2. The van der Waals surface area contributed by atoms with Crippen molar-refractivity contribution in [2.45, 2.75) is 78.9 Å². The van der Waals surface area contributed by atoms with E-state index in [0.717, 1.165) is 34.3 Å². The third kappa shape index (κ3) is 10.6. The quantitative estimate of drug-likeness (QED) is 0.101. The topological polar surface area (TPSA) is 206 Å². The molecule has 1 saturated heterocycles. The predicted octanol–water partition coefficient (Wildman–Crippen LogP) is 4.19. The van der Waals surface area contributed by atoms with Crippen LogP contribution >= 0.6 is 0 Å². The van der Waals surface area contributed by atoms with Crippen molar-refractivity contribution in [1.29, 1.82) is 0 Å². The summed E-state index contributed by atoms with van der Waals surface area (Å²) in [6.07, 6.45) is 5.70. The van der Waals surface area contributed by atoms with E-state index in [4.69, 9.17) is 18.9 Å². The number of hydrogen-bond donors (Lipinski definition) is 3. The Hall–Kier alpha value is -6.33. The number of fused-ring (bicyclic) bond motifs is 2. The Kier molecular flexibility index (Phi) is 15.0. The number of piperidine rings is 1. The lowest BCUT2D eigenvalue weighted by Crippen LogP contribution is -2.54. The van der Waals surface area contributed by atoms with Crippen molar-refractivity contribution >= 4 is 46.3 Å². The maximum Gasteiger partial charge on any atom is 0.274 e. The van der Waals surface area contributed by atoms with Gasteiger partial charge in [-0.1, -0.05) is 33.8 Å². The summed E-state index contributed by atoms with van der Waals surface area (Å²) in [5.74, 6) is -1.70. The van der Waals surface area contributed by atoms with Crippen molar-refractivity contribution in [2.24, 2.45) is 24.9 Å². The molecule has 0 radical (unpaired) electrons. The summed E-state index contributed by atoms with van der Waals surface area (Å²) in [4.78, 5) is 90.0. The van der Waals surface area contributed by atoms with Gasteiger partial charge in [0.25, 0.3) is 17.4 Å². The van der Waals surface area contributed by atoms with Crippen LogP contribution in [0.1, 0.15) is 91.6 Å². The fourth-order valence-electron chi connectivity index (χ4n) is 8.05. The first-order chi connectivity index (χ1) is 30.9. The van der Waals surface area contributed by atoms with Crippen LogP contribution in [0.5, 0.6) is 11.5 Å².